The van der Waals surface area contributed by atoms with Crippen LogP contribution in [0.1, 0.15) is 52.9 Å². The number of aryl methyl sites for hydroxylation is 3. The predicted octanol–water partition coefficient (Wildman–Crippen LogP) is 3.15. The molecule has 146 valence electrons. The molecule has 5 nitrogen and oxygen atoms in total. The Morgan fingerprint density at radius 2 is 1.78 bits per heavy atom. The van der Waals surface area contributed by atoms with E-state index in [-0.39, 0.29) is 18.1 Å². The molecule has 2 fully saturated rings. The summed E-state index contributed by atoms with van der Waals surface area (Å²) < 4.78 is 0. The van der Waals surface area contributed by atoms with Crippen molar-refractivity contribution in [2.45, 2.75) is 58.6 Å². The third-order valence-electron chi connectivity index (χ3n) is 6.49. The number of aromatic amines is 1. The van der Waals surface area contributed by atoms with E-state index in [9.17, 15) is 9.90 Å². The van der Waals surface area contributed by atoms with E-state index < -0.39 is 0 Å². The number of nitrogens with zero attached hydrogens (tertiary/aromatic N) is 2. The van der Waals surface area contributed by atoms with Crippen LogP contribution in [0.25, 0.3) is 10.9 Å². The lowest BCUT2D eigenvalue weighted by Crippen LogP contribution is -2.55. The van der Waals surface area contributed by atoms with Gasteiger partial charge >= 0.3 is 0 Å². The Balaban J connectivity index is 1.49. The van der Waals surface area contributed by atoms with E-state index in [1.807, 2.05) is 11.8 Å². The minimum atomic E-state index is -0.205. The number of benzene rings is 1. The zero-order valence-corrected chi connectivity index (χ0v) is 16.7. The summed E-state index contributed by atoms with van der Waals surface area (Å²) in [6, 6.07) is 4.59. The van der Waals surface area contributed by atoms with Gasteiger partial charge in [-0.25, -0.2) is 0 Å². The lowest BCUT2D eigenvalue weighted by Gasteiger charge is -2.42. The van der Waals surface area contributed by atoms with Crippen LogP contribution in [0.5, 0.6) is 0 Å². The number of piperazine rings is 1. The Morgan fingerprint density at radius 3 is 2.48 bits per heavy atom. The maximum atomic E-state index is 13.2. The second-order valence-corrected chi connectivity index (χ2v) is 8.38. The van der Waals surface area contributed by atoms with E-state index in [0.29, 0.717) is 0 Å². The van der Waals surface area contributed by atoms with E-state index in [0.717, 1.165) is 67.6 Å². The van der Waals surface area contributed by atoms with Crippen LogP contribution in [0.2, 0.25) is 0 Å². The fraction of sp³-hybridized carbons (Fsp3) is 0.591. The van der Waals surface area contributed by atoms with Gasteiger partial charge in [0.25, 0.3) is 5.91 Å². The van der Waals surface area contributed by atoms with Gasteiger partial charge in [0.15, 0.2) is 0 Å². The molecule has 0 bridgehead atoms. The highest BCUT2D eigenvalue weighted by atomic mass is 16.3. The molecule has 1 aliphatic heterocycles. The van der Waals surface area contributed by atoms with Gasteiger partial charge in [-0.05, 0) is 50.8 Å². The normalized spacial score (nSPS) is 24.5. The maximum Gasteiger partial charge on any atom is 0.270 e. The summed E-state index contributed by atoms with van der Waals surface area (Å²) >= 11 is 0. The van der Waals surface area contributed by atoms with Crippen molar-refractivity contribution in [2.24, 2.45) is 0 Å². The Hall–Kier alpha value is -1.85. The van der Waals surface area contributed by atoms with Crippen molar-refractivity contribution >= 4 is 16.8 Å². The van der Waals surface area contributed by atoms with Gasteiger partial charge < -0.3 is 15.0 Å². The highest BCUT2D eigenvalue weighted by molar-refractivity contribution is 6.01. The molecule has 2 N–H and O–H groups in total. The summed E-state index contributed by atoms with van der Waals surface area (Å²) in [5.74, 6) is 0.101. The number of aromatic nitrogens is 1. The summed E-state index contributed by atoms with van der Waals surface area (Å²) in [7, 11) is 0. The van der Waals surface area contributed by atoms with Gasteiger partial charge in [0.1, 0.15) is 5.69 Å². The van der Waals surface area contributed by atoms with Gasteiger partial charge in [0.2, 0.25) is 0 Å². The van der Waals surface area contributed by atoms with Crippen molar-refractivity contribution in [2.75, 3.05) is 26.2 Å². The van der Waals surface area contributed by atoms with Crippen molar-refractivity contribution in [1.29, 1.82) is 0 Å². The van der Waals surface area contributed by atoms with Gasteiger partial charge in [-0.15, -0.1) is 0 Å². The molecule has 2 atom stereocenters. The number of fused-ring (bicyclic) bond motifs is 1. The Morgan fingerprint density at radius 1 is 1.07 bits per heavy atom. The first kappa shape index (κ1) is 18.5. The van der Waals surface area contributed by atoms with Crippen LogP contribution >= 0.6 is 0 Å². The summed E-state index contributed by atoms with van der Waals surface area (Å²) in [5, 5.41) is 11.5. The van der Waals surface area contributed by atoms with Gasteiger partial charge in [0.05, 0.1) is 6.10 Å². The van der Waals surface area contributed by atoms with Crippen molar-refractivity contribution in [3.63, 3.8) is 0 Å². The van der Waals surface area contributed by atoms with Crippen molar-refractivity contribution in [1.82, 2.24) is 14.8 Å². The van der Waals surface area contributed by atoms with Crippen LogP contribution in [0.4, 0.5) is 0 Å². The number of aliphatic hydroxyl groups excluding tert-OH is 1. The highest BCUT2D eigenvalue weighted by Gasteiger charge is 2.32. The fourth-order valence-electron chi connectivity index (χ4n) is 4.93. The maximum absolute atomic E-state index is 13.2. The van der Waals surface area contributed by atoms with Crippen LogP contribution in [-0.4, -0.2) is 64.1 Å². The summed E-state index contributed by atoms with van der Waals surface area (Å²) in [5.41, 5.74) is 5.26. The topological polar surface area (TPSA) is 59.6 Å². The van der Waals surface area contributed by atoms with E-state index >= 15 is 0 Å². The van der Waals surface area contributed by atoms with E-state index in [4.69, 9.17) is 0 Å². The molecule has 0 spiro atoms. The van der Waals surface area contributed by atoms with Crippen molar-refractivity contribution < 1.29 is 9.90 Å². The zero-order valence-electron chi connectivity index (χ0n) is 16.7. The van der Waals surface area contributed by atoms with E-state index in [2.05, 4.69) is 35.9 Å². The van der Waals surface area contributed by atoms with E-state index in [1.54, 1.807) is 0 Å². The molecule has 27 heavy (non-hydrogen) atoms. The molecule has 1 aromatic heterocycles. The molecule has 4 rings (SSSR count). The molecule has 1 amide bonds. The molecule has 1 saturated carbocycles. The van der Waals surface area contributed by atoms with Crippen LogP contribution in [0.3, 0.4) is 0 Å². The van der Waals surface area contributed by atoms with E-state index in [1.165, 1.54) is 17.5 Å². The Kier molecular flexibility index (Phi) is 4.99. The number of carbonyl (C=O) groups is 1. The second kappa shape index (κ2) is 7.28. The minimum absolute atomic E-state index is 0.101. The molecule has 2 aliphatic rings. The average molecular weight is 370 g/mol. The summed E-state index contributed by atoms with van der Waals surface area (Å²) in [6.45, 7) is 9.39. The molecule has 1 saturated heterocycles. The van der Waals surface area contributed by atoms with Gasteiger partial charge in [0, 0.05) is 43.1 Å². The SMILES string of the molecule is Cc1cc(C)c2[nH]c(C(=O)N3CCN(C4CCCCC4O)CC3)c(C)c2c1. The summed E-state index contributed by atoms with van der Waals surface area (Å²) in [6.07, 6.45) is 4.12. The third kappa shape index (κ3) is 3.39. The smallest absolute Gasteiger partial charge is 0.270 e. The van der Waals surface area contributed by atoms with Gasteiger partial charge in [-0.1, -0.05) is 24.5 Å². The van der Waals surface area contributed by atoms with Crippen LogP contribution in [0, 0.1) is 20.8 Å². The molecule has 2 unspecified atom stereocenters. The first-order chi connectivity index (χ1) is 13.0. The zero-order chi connectivity index (χ0) is 19.1. The Labute approximate surface area is 161 Å². The molecular weight excluding hydrogens is 338 g/mol. The number of hydrogen-bond acceptors (Lipinski definition) is 3. The molecule has 1 aliphatic carbocycles. The van der Waals surface area contributed by atoms with Crippen LogP contribution in [-0.2, 0) is 0 Å². The molecular formula is C22H31N3O2. The Bertz CT molecular complexity index is 849. The van der Waals surface area contributed by atoms with Gasteiger partial charge in [-0.2, -0.15) is 0 Å². The molecule has 1 aromatic carbocycles. The molecule has 2 aromatic rings. The number of carbonyl (C=O) groups excluding carboxylic acids is 1. The lowest BCUT2D eigenvalue weighted by molar-refractivity contribution is -0.00182. The van der Waals surface area contributed by atoms with Gasteiger partial charge in [-0.3, -0.25) is 9.69 Å². The van der Waals surface area contributed by atoms with Crippen molar-refractivity contribution in [3.05, 3.63) is 34.5 Å². The third-order valence-corrected chi connectivity index (χ3v) is 6.49. The number of aliphatic hydroxyl groups is 1. The monoisotopic (exact) mass is 369 g/mol. The second-order valence-electron chi connectivity index (χ2n) is 8.38. The standard InChI is InChI=1S/C22H31N3O2/c1-14-12-15(2)20-17(13-14)16(3)21(23-20)22(27)25-10-8-24(9-11-25)18-6-4-5-7-19(18)26/h12-13,18-19,23,26H,4-11H2,1-3H3. The number of H-pyrrole nitrogens is 1. The number of hydrogen-bond donors (Lipinski definition) is 2. The largest absolute Gasteiger partial charge is 0.391 e. The first-order valence-corrected chi connectivity index (χ1v) is 10.3. The first-order valence-electron chi connectivity index (χ1n) is 10.3. The lowest BCUT2D eigenvalue weighted by atomic mass is 9.91. The minimum Gasteiger partial charge on any atom is -0.391 e. The van der Waals surface area contributed by atoms with Crippen LogP contribution in [0.15, 0.2) is 12.1 Å². The molecule has 2 heterocycles. The number of rotatable bonds is 2. The fourth-order valence-corrected chi connectivity index (χ4v) is 4.93. The number of amides is 1. The highest BCUT2D eigenvalue weighted by Crippen LogP contribution is 2.28. The molecule has 5 heteroatoms. The number of nitrogens with one attached hydrogen (secondary N) is 1. The predicted molar refractivity (Wildman–Crippen MR) is 108 cm³/mol. The van der Waals surface area contributed by atoms with Crippen molar-refractivity contribution in [3.8, 4) is 0 Å². The molecule has 0 radical (unpaired) electrons. The average Bonchev–Trinajstić information content (AvgIpc) is 2.99. The summed E-state index contributed by atoms with van der Waals surface area (Å²) in [4.78, 5) is 20.9. The quantitative estimate of drug-likeness (QED) is 0.855. The van der Waals surface area contributed by atoms with Crippen LogP contribution < -0.4 is 0 Å².